The number of carboxylic acids is 3. The van der Waals surface area contributed by atoms with E-state index in [1.54, 1.807) is 0 Å². The largest absolute Gasteiger partial charge is 0.490 e. The Morgan fingerprint density at radius 2 is 1.23 bits per heavy atom. The second kappa shape index (κ2) is 16.7. The molecule has 1 aliphatic carbocycles. The van der Waals surface area contributed by atoms with Crippen molar-refractivity contribution >= 4 is 17.9 Å². The van der Waals surface area contributed by atoms with E-state index in [9.17, 15) is 39.5 Å². The summed E-state index contributed by atoms with van der Waals surface area (Å²) in [4.78, 5) is 35.9. The van der Waals surface area contributed by atoms with Gasteiger partial charge in [0, 0.05) is 51.7 Å². The van der Waals surface area contributed by atoms with E-state index in [0.717, 1.165) is 58.5 Å². The molecule has 1 saturated carbocycles. The number of pyridine rings is 1. The van der Waals surface area contributed by atoms with E-state index in [1.165, 1.54) is 24.9 Å². The van der Waals surface area contributed by atoms with Crippen molar-refractivity contribution in [3.8, 4) is 0 Å². The molecule has 1 unspecified atom stereocenters. The Labute approximate surface area is 244 Å². The highest BCUT2D eigenvalue weighted by atomic mass is 19.4. The highest BCUT2D eigenvalue weighted by Crippen LogP contribution is 2.32. The van der Waals surface area contributed by atoms with Crippen LogP contribution in [-0.2, 0) is 30.4 Å². The third-order valence-corrected chi connectivity index (χ3v) is 5.85. The molecule has 3 N–H and O–H groups in total. The average Bonchev–Trinajstić information content (AvgIpc) is 3.72. The number of carbonyl (C=O) groups is 3. The fraction of sp³-hybridized carbons (Fsp3) is 0.667. The molecule has 0 bridgehead atoms. The number of rotatable bonds is 4. The summed E-state index contributed by atoms with van der Waals surface area (Å²) in [5.41, 5.74) is 1.15. The number of aromatic nitrogens is 1. The van der Waals surface area contributed by atoms with Crippen LogP contribution in [0.1, 0.15) is 18.4 Å². The standard InChI is InChI=1S/C18H27N3O2.3C2HF3O2/c1-2-16(1)11-21-8-10-23-18(14-21)13-20(7-9-22-15-18)12-17-3-5-19-6-4-17;3*3-2(4,5)1(6)7/h3-6,16H,1-2,7-15H2;3*(H,6,7). The average molecular weight is 659 g/mol. The normalized spacial score (nSPS) is 21.3. The third-order valence-electron chi connectivity index (χ3n) is 5.85. The van der Waals surface area contributed by atoms with Crippen LogP contribution in [0.15, 0.2) is 24.5 Å². The molecule has 20 heteroatoms. The Kier molecular flexibility index (Phi) is 14.8. The van der Waals surface area contributed by atoms with Crippen molar-refractivity contribution in [1.82, 2.24) is 14.8 Å². The molecule has 3 aliphatic rings. The zero-order valence-electron chi connectivity index (χ0n) is 22.8. The van der Waals surface area contributed by atoms with Crippen LogP contribution >= 0.6 is 0 Å². The fourth-order valence-electron chi connectivity index (χ4n) is 3.79. The summed E-state index contributed by atoms with van der Waals surface area (Å²) in [7, 11) is 0. The lowest BCUT2D eigenvalue weighted by atomic mass is 10.0. The molecule has 0 radical (unpaired) electrons. The quantitative estimate of drug-likeness (QED) is 0.409. The number of hydrogen-bond donors (Lipinski definition) is 3. The molecule has 1 aromatic rings. The predicted molar refractivity (Wildman–Crippen MR) is 129 cm³/mol. The van der Waals surface area contributed by atoms with Crippen molar-refractivity contribution in [3.05, 3.63) is 30.1 Å². The van der Waals surface area contributed by atoms with Gasteiger partial charge in [0.2, 0.25) is 0 Å². The Morgan fingerprint density at radius 1 is 0.795 bits per heavy atom. The maximum atomic E-state index is 10.6. The summed E-state index contributed by atoms with van der Waals surface area (Å²) in [5, 5.41) is 21.4. The van der Waals surface area contributed by atoms with Crippen molar-refractivity contribution in [2.75, 3.05) is 52.5 Å². The highest BCUT2D eigenvalue weighted by molar-refractivity contribution is 5.73. The number of hydrogen-bond acceptors (Lipinski definition) is 8. The molecule has 2 saturated heterocycles. The van der Waals surface area contributed by atoms with E-state index in [0.29, 0.717) is 0 Å². The minimum atomic E-state index is -5.08. The lowest BCUT2D eigenvalue weighted by molar-refractivity contribution is -0.193. The van der Waals surface area contributed by atoms with Gasteiger partial charge in [0.1, 0.15) is 5.60 Å². The molecular weight excluding hydrogens is 629 g/mol. The third kappa shape index (κ3) is 16.0. The van der Waals surface area contributed by atoms with Crippen molar-refractivity contribution in [2.24, 2.45) is 5.92 Å². The minimum absolute atomic E-state index is 0.156. The Bertz CT molecular complexity index is 997. The number of alkyl halides is 9. The fourth-order valence-corrected chi connectivity index (χ4v) is 3.79. The van der Waals surface area contributed by atoms with Gasteiger partial charge in [-0.2, -0.15) is 39.5 Å². The molecule has 4 rings (SSSR count). The molecule has 11 nitrogen and oxygen atoms in total. The van der Waals surface area contributed by atoms with Crippen LogP contribution in [0, 0.1) is 5.92 Å². The van der Waals surface area contributed by atoms with Crippen molar-refractivity contribution in [2.45, 2.75) is 43.5 Å². The summed E-state index contributed by atoms with van der Waals surface area (Å²) in [5.74, 6) is -7.34. The molecule has 1 aromatic heterocycles. The maximum absolute atomic E-state index is 10.6. The van der Waals surface area contributed by atoms with Gasteiger partial charge in [-0.05, 0) is 36.5 Å². The van der Waals surface area contributed by atoms with Crippen LogP contribution in [0.3, 0.4) is 0 Å². The van der Waals surface area contributed by atoms with Crippen molar-refractivity contribution in [1.29, 1.82) is 0 Å². The molecule has 252 valence electrons. The number of nitrogens with zero attached hydrogens (tertiary/aromatic N) is 3. The summed E-state index contributed by atoms with van der Waals surface area (Å²) < 4.78 is 107. The lowest BCUT2D eigenvalue weighted by Gasteiger charge is -2.43. The minimum Gasteiger partial charge on any atom is -0.475 e. The summed E-state index contributed by atoms with van der Waals surface area (Å²) in [6, 6.07) is 4.19. The predicted octanol–water partition coefficient (Wildman–Crippen LogP) is 3.29. The molecule has 1 atom stereocenters. The van der Waals surface area contributed by atoms with Crippen LogP contribution < -0.4 is 0 Å². The first-order chi connectivity index (χ1) is 20.1. The smallest absolute Gasteiger partial charge is 0.475 e. The molecule has 2 aliphatic heterocycles. The van der Waals surface area contributed by atoms with E-state index >= 15 is 0 Å². The Balaban J connectivity index is 0.000000379. The second-order valence-electron chi connectivity index (χ2n) is 9.74. The zero-order chi connectivity index (χ0) is 33.8. The van der Waals surface area contributed by atoms with E-state index in [4.69, 9.17) is 39.2 Å². The summed E-state index contributed by atoms with van der Waals surface area (Å²) in [6.45, 7) is 8.54. The number of ether oxygens (including phenoxy) is 2. The van der Waals surface area contributed by atoms with Crippen LogP contribution in [0.2, 0.25) is 0 Å². The van der Waals surface area contributed by atoms with E-state index in [-0.39, 0.29) is 5.60 Å². The number of aliphatic carboxylic acids is 3. The lowest BCUT2D eigenvalue weighted by Crippen LogP contribution is -2.58. The SMILES string of the molecule is O=C(O)C(F)(F)F.O=C(O)C(F)(F)F.O=C(O)C(F)(F)F.c1cc(CN2CCOCC3(C2)CN(CC2CC2)CCO3)ccn1. The van der Waals surface area contributed by atoms with Crippen molar-refractivity contribution < 1.29 is 78.7 Å². The molecular formula is C24H30F9N3O8. The van der Waals surface area contributed by atoms with Gasteiger partial charge in [0.15, 0.2) is 0 Å². The van der Waals surface area contributed by atoms with E-state index in [2.05, 4.69) is 26.9 Å². The number of morpholine rings is 1. The van der Waals surface area contributed by atoms with Gasteiger partial charge < -0.3 is 24.8 Å². The van der Waals surface area contributed by atoms with Gasteiger partial charge in [-0.3, -0.25) is 14.8 Å². The first-order valence-electron chi connectivity index (χ1n) is 12.6. The van der Waals surface area contributed by atoms with Crippen molar-refractivity contribution in [3.63, 3.8) is 0 Å². The van der Waals surface area contributed by atoms with Crippen LogP contribution in [0.25, 0.3) is 0 Å². The van der Waals surface area contributed by atoms with Gasteiger partial charge in [0.25, 0.3) is 0 Å². The molecule has 0 aromatic carbocycles. The Morgan fingerprint density at radius 3 is 1.66 bits per heavy atom. The van der Waals surface area contributed by atoms with Gasteiger partial charge >= 0.3 is 36.4 Å². The topological polar surface area (TPSA) is 150 Å². The molecule has 1 spiro atoms. The highest BCUT2D eigenvalue weighted by Gasteiger charge is 2.42. The monoisotopic (exact) mass is 659 g/mol. The van der Waals surface area contributed by atoms with Gasteiger partial charge in [-0.1, -0.05) is 0 Å². The second-order valence-corrected chi connectivity index (χ2v) is 9.74. The first kappa shape index (κ1) is 38.8. The van der Waals surface area contributed by atoms with Gasteiger partial charge in [0.05, 0.1) is 19.8 Å². The zero-order valence-corrected chi connectivity index (χ0v) is 22.8. The van der Waals surface area contributed by atoms with Crippen LogP contribution in [0.5, 0.6) is 0 Å². The Hall–Kier alpha value is -3.23. The van der Waals surface area contributed by atoms with Crippen LogP contribution in [-0.4, -0.2) is 125 Å². The summed E-state index contributed by atoms with van der Waals surface area (Å²) in [6.07, 6.45) is -8.69. The first-order valence-corrected chi connectivity index (χ1v) is 12.6. The molecule has 3 heterocycles. The van der Waals surface area contributed by atoms with Gasteiger partial charge in [-0.25, -0.2) is 14.4 Å². The van der Waals surface area contributed by atoms with Crippen LogP contribution in [0.4, 0.5) is 39.5 Å². The number of halogens is 9. The summed E-state index contributed by atoms with van der Waals surface area (Å²) >= 11 is 0. The number of carboxylic acid groups (broad SMARTS) is 3. The van der Waals surface area contributed by atoms with E-state index in [1.807, 2.05) is 12.4 Å². The molecule has 44 heavy (non-hydrogen) atoms. The molecule has 3 fully saturated rings. The molecule has 0 amide bonds. The maximum Gasteiger partial charge on any atom is 0.490 e. The van der Waals surface area contributed by atoms with E-state index < -0.39 is 36.4 Å². The van der Waals surface area contributed by atoms with Gasteiger partial charge in [-0.15, -0.1) is 0 Å².